The van der Waals surface area contributed by atoms with Gasteiger partial charge in [-0.2, -0.15) is 0 Å². The Kier molecular flexibility index (Phi) is 5.34. The van der Waals surface area contributed by atoms with Crippen LogP contribution in [0.15, 0.2) is 41.3 Å². The highest BCUT2D eigenvalue weighted by molar-refractivity contribution is 7.92. The smallest absolute Gasteiger partial charge is 0.263 e. The molecule has 8 nitrogen and oxygen atoms in total. The second-order valence-corrected chi connectivity index (χ2v) is 7.28. The number of hydrogen-bond acceptors (Lipinski definition) is 7. The van der Waals surface area contributed by atoms with Gasteiger partial charge in [0.2, 0.25) is 0 Å². The van der Waals surface area contributed by atoms with Crippen LogP contribution in [0.25, 0.3) is 0 Å². The van der Waals surface area contributed by atoms with Gasteiger partial charge < -0.3 is 14.8 Å². The van der Waals surface area contributed by atoms with Gasteiger partial charge >= 0.3 is 0 Å². The zero-order valence-electron chi connectivity index (χ0n) is 13.8. The average molecular weight is 364 g/mol. The van der Waals surface area contributed by atoms with E-state index < -0.39 is 10.0 Å². The Morgan fingerprint density at radius 2 is 1.88 bits per heavy atom. The van der Waals surface area contributed by atoms with Crippen molar-refractivity contribution in [2.24, 2.45) is 0 Å². The van der Waals surface area contributed by atoms with E-state index in [1.807, 2.05) is 0 Å². The van der Waals surface area contributed by atoms with Crippen molar-refractivity contribution < 1.29 is 17.9 Å². The molecule has 1 aromatic carbocycles. The molecule has 0 aliphatic carbocycles. The average Bonchev–Trinajstić information content (AvgIpc) is 3.14. The Labute approximate surface area is 146 Å². The minimum Gasteiger partial charge on any atom is -0.497 e. The first kappa shape index (κ1) is 17.4. The number of methoxy groups -OCH3 is 1. The molecular formula is C16H20N4O4S. The van der Waals surface area contributed by atoms with Crippen molar-refractivity contribution in [2.45, 2.75) is 23.8 Å². The van der Waals surface area contributed by atoms with Gasteiger partial charge in [0.1, 0.15) is 11.6 Å². The Morgan fingerprint density at radius 3 is 2.48 bits per heavy atom. The summed E-state index contributed by atoms with van der Waals surface area (Å²) in [6.45, 7) is 1.45. The fourth-order valence-corrected chi connectivity index (χ4v) is 3.45. The molecule has 0 spiro atoms. The summed E-state index contributed by atoms with van der Waals surface area (Å²) in [4.78, 5) is 0.121. The second kappa shape index (κ2) is 7.66. The molecule has 1 atom stereocenters. The molecule has 3 rings (SSSR count). The molecule has 0 amide bonds. The van der Waals surface area contributed by atoms with Crippen molar-refractivity contribution in [1.29, 1.82) is 0 Å². The van der Waals surface area contributed by atoms with Crippen molar-refractivity contribution in [3.8, 4) is 5.75 Å². The highest BCUT2D eigenvalue weighted by Gasteiger charge is 2.16. The topological polar surface area (TPSA) is 102 Å². The normalized spacial score (nSPS) is 17.2. The van der Waals surface area contributed by atoms with Crippen LogP contribution in [0.3, 0.4) is 0 Å². The summed E-state index contributed by atoms with van der Waals surface area (Å²) in [5.41, 5.74) is 0. The standard InChI is InChI=1S/C16H20N4O4S/c1-23-12-4-6-14(7-5-12)25(21,22)20-16-9-8-15(18-19-16)17-11-13-3-2-10-24-13/h4-9,13H,2-3,10-11H2,1H3,(H,17,18)(H,19,20). The Hall–Kier alpha value is -2.39. The van der Waals surface area contributed by atoms with Crippen LogP contribution in [-0.2, 0) is 14.8 Å². The van der Waals surface area contributed by atoms with Gasteiger partial charge in [0, 0.05) is 13.2 Å². The summed E-state index contributed by atoms with van der Waals surface area (Å²) in [5, 5.41) is 11.0. The first-order chi connectivity index (χ1) is 12.1. The monoisotopic (exact) mass is 364 g/mol. The molecule has 2 heterocycles. The van der Waals surface area contributed by atoms with Crippen molar-refractivity contribution in [1.82, 2.24) is 10.2 Å². The van der Waals surface area contributed by atoms with E-state index >= 15 is 0 Å². The molecule has 25 heavy (non-hydrogen) atoms. The zero-order valence-corrected chi connectivity index (χ0v) is 14.6. The number of ether oxygens (including phenoxy) is 2. The minimum atomic E-state index is -3.72. The lowest BCUT2D eigenvalue weighted by Crippen LogP contribution is -2.19. The molecular weight excluding hydrogens is 344 g/mol. The Bertz CT molecular complexity index is 788. The van der Waals surface area contributed by atoms with E-state index in [-0.39, 0.29) is 16.8 Å². The third kappa shape index (κ3) is 4.58. The third-order valence-electron chi connectivity index (χ3n) is 3.81. The fourth-order valence-electron chi connectivity index (χ4n) is 2.46. The van der Waals surface area contributed by atoms with Crippen LogP contribution >= 0.6 is 0 Å². The van der Waals surface area contributed by atoms with Crippen molar-refractivity contribution in [3.05, 3.63) is 36.4 Å². The SMILES string of the molecule is COc1ccc(S(=O)(=O)Nc2ccc(NCC3CCCO3)nn2)cc1. The molecule has 1 aliphatic heterocycles. The summed E-state index contributed by atoms with van der Waals surface area (Å²) >= 11 is 0. The third-order valence-corrected chi connectivity index (χ3v) is 5.18. The van der Waals surface area contributed by atoms with Crippen LogP contribution in [0.4, 0.5) is 11.6 Å². The summed E-state index contributed by atoms with van der Waals surface area (Å²) in [6, 6.07) is 9.33. The van der Waals surface area contributed by atoms with E-state index in [1.165, 1.54) is 19.2 Å². The van der Waals surface area contributed by atoms with Crippen LogP contribution < -0.4 is 14.8 Å². The van der Waals surface area contributed by atoms with Gasteiger partial charge in [0.15, 0.2) is 5.82 Å². The van der Waals surface area contributed by atoms with Gasteiger partial charge in [0.05, 0.1) is 18.1 Å². The number of aromatic nitrogens is 2. The summed E-state index contributed by atoms with van der Waals surface area (Å²) in [5.74, 6) is 1.31. The minimum absolute atomic E-state index is 0.121. The van der Waals surface area contributed by atoms with Gasteiger partial charge in [-0.25, -0.2) is 8.42 Å². The van der Waals surface area contributed by atoms with Crippen LogP contribution in [0.1, 0.15) is 12.8 Å². The zero-order chi connectivity index (χ0) is 17.7. The summed E-state index contributed by atoms with van der Waals surface area (Å²) in [6.07, 6.45) is 2.29. The predicted molar refractivity (Wildman–Crippen MR) is 93.3 cm³/mol. The number of hydrogen-bond donors (Lipinski definition) is 2. The second-order valence-electron chi connectivity index (χ2n) is 5.60. The van der Waals surface area contributed by atoms with E-state index in [9.17, 15) is 8.42 Å². The highest BCUT2D eigenvalue weighted by atomic mass is 32.2. The molecule has 1 saturated heterocycles. The van der Waals surface area contributed by atoms with E-state index in [0.29, 0.717) is 18.1 Å². The predicted octanol–water partition coefficient (Wildman–Crippen LogP) is 1.88. The summed E-state index contributed by atoms with van der Waals surface area (Å²) < 4.78 is 37.6. The number of benzene rings is 1. The van der Waals surface area contributed by atoms with Crippen LogP contribution in [0.5, 0.6) is 5.75 Å². The van der Waals surface area contributed by atoms with Gasteiger partial charge in [-0.15, -0.1) is 10.2 Å². The largest absolute Gasteiger partial charge is 0.497 e. The molecule has 0 radical (unpaired) electrons. The molecule has 1 aliphatic rings. The van der Waals surface area contributed by atoms with E-state index in [1.54, 1.807) is 24.3 Å². The Morgan fingerprint density at radius 1 is 1.16 bits per heavy atom. The number of sulfonamides is 1. The maximum absolute atomic E-state index is 12.3. The lowest BCUT2D eigenvalue weighted by molar-refractivity contribution is 0.120. The van der Waals surface area contributed by atoms with Gasteiger partial charge in [-0.3, -0.25) is 4.72 Å². The number of nitrogens with zero attached hydrogens (tertiary/aromatic N) is 2. The lowest BCUT2D eigenvalue weighted by atomic mass is 10.2. The van der Waals surface area contributed by atoms with Crippen molar-refractivity contribution >= 4 is 21.7 Å². The first-order valence-corrected chi connectivity index (χ1v) is 9.41. The van der Waals surface area contributed by atoms with Gasteiger partial charge in [-0.1, -0.05) is 0 Å². The molecule has 2 aromatic rings. The molecule has 1 aromatic heterocycles. The highest BCUT2D eigenvalue weighted by Crippen LogP contribution is 2.18. The first-order valence-electron chi connectivity index (χ1n) is 7.93. The van der Waals surface area contributed by atoms with Crippen molar-refractivity contribution in [2.75, 3.05) is 30.3 Å². The number of nitrogens with one attached hydrogen (secondary N) is 2. The molecule has 1 fully saturated rings. The molecule has 2 N–H and O–H groups in total. The number of anilines is 2. The Balaban J connectivity index is 1.61. The van der Waals surface area contributed by atoms with Gasteiger partial charge in [0.25, 0.3) is 10.0 Å². The molecule has 0 bridgehead atoms. The van der Waals surface area contributed by atoms with Crippen LogP contribution in [0, 0.1) is 0 Å². The fraction of sp³-hybridized carbons (Fsp3) is 0.375. The number of rotatable bonds is 7. The summed E-state index contributed by atoms with van der Waals surface area (Å²) in [7, 11) is -2.21. The van der Waals surface area contributed by atoms with Gasteiger partial charge in [-0.05, 0) is 49.2 Å². The van der Waals surface area contributed by atoms with Crippen LogP contribution in [-0.4, -0.2) is 45.0 Å². The van der Waals surface area contributed by atoms with E-state index in [0.717, 1.165) is 19.4 Å². The molecule has 134 valence electrons. The maximum atomic E-state index is 12.3. The molecule has 1 unspecified atom stereocenters. The molecule has 0 saturated carbocycles. The quantitative estimate of drug-likeness (QED) is 0.773. The van der Waals surface area contributed by atoms with E-state index in [4.69, 9.17) is 9.47 Å². The van der Waals surface area contributed by atoms with Crippen LogP contribution in [0.2, 0.25) is 0 Å². The van der Waals surface area contributed by atoms with E-state index in [2.05, 4.69) is 20.2 Å². The molecule has 9 heteroatoms. The lowest BCUT2D eigenvalue weighted by Gasteiger charge is -2.11. The van der Waals surface area contributed by atoms with Crippen molar-refractivity contribution in [3.63, 3.8) is 0 Å². The maximum Gasteiger partial charge on any atom is 0.263 e.